The van der Waals surface area contributed by atoms with Crippen LogP contribution >= 0.6 is 11.6 Å². The van der Waals surface area contributed by atoms with E-state index in [-0.39, 0.29) is 29.1 Å². The van der Waals surface area contributed by atoms with Gasteiger partial charge in [-0.3, -0.25) is 9.59 Å². The fraction of sp³-hybridized carbons (Fsp3) is 0.500. The highest BCUT2D eigenvalue weighted by molar-refractivity contribution is 6.29. The second-order valence-electron chi connectivity index (χ2n) is 4.56. The number of amides is 1. The molecular formula is C12H14ClN3O3. The molecule has 1 aliphatic heterocycles. The Morgan fingerprint density at radius 3 is 2.53 bits per heavy atom. The molecule has 1 aromatic heterocycles. The van der Waals surface area contributed by atoms with Crippen molar-refractivity contribution in [2.75, 3.05) is 13.1 Å². The summed E-state index contributed by atoms with van der Waals surface area (Å²) in [5, 5.41) is 8.98. The smallest absolute Gasteiger partial charge is 0.303 e. The number of carbonyl (C=O) groups excluding carboxylic acids is 1. The normalized spacial score (nSPS) is 16.4. The summed E-state index contributed by atoms with van der Waals surface area (Å²) in [4.78, 5) is 32.2. The number of rotatable bonds is 3. The highest BCUT2D eigenvalue weighted by Gasteiger charge is 2.25. The summed E-state index contributed by atoms with van der Waals surface area (Å²) in [6.45, 7) is 1.11. The monoisotopic (exact) mass is 283 g/mol. The number of aliphatic carboxylic acids is 1. The van der Waals surface area contributed by atoms with Crippen LogP contribution < -0.4 is 0 Å². The molecule has 2 heterocycles. The van der Waals surface area contributed by atoms with E-state index in [1.165, 1.54) is 12.4 Å². The van der Waals surface area contributed by atoms with E-state index in [1.54, 1.807) is 4.90 Å². The number of piperidine rings is 1. The van der Waals surface area contributed by atoms with Crippen LogP contribution in [-0.4, -0.2) is 44.9 Å². The molecular weight excluding hydrogens is 270 g/mol. The zero-order valence-electron chi connectivity index (χ0n) is 10.3. The molecule has 1 amide bonds. The first-order valence-corrected chi connectivity index (χ1v) is 6.42. The van der Waals surface area contributed by atoms with Crippen molar-refractivity contribution >= 4 is 23.5 Å². The summed E-state index contributed by atoms with van der Waals surface area (Å²) >= 11 is 5.62. The minimum Gasteiger partial charge on any atom is -0.481 e. The first-order valence-electron chi connectivity index (χ1n) is 6.05. The summed E-state index contributed by atoms with van der Waals surface area (Å²) < 4.78 is 0. The number of carboxylic acid groups (broad SMARTS) is 1. The third-order valence-corrected chi connectivity index (χ3v) is 3.40. The molecule has 2 rings (SSSR count). The third-order valence-electron chi connectivity index (χ3n) is 3.20. The Morgan fingerprint density at radius 2 is 2.00 bits per heavy atom. The van der Waals surface area contributed by atoms with Gasteiger partial charge in [0, 0.05) is 19.5 Å². The second kappa shape index (κ2) is 5.97. The molecule has 0 aromatic carbocycles. The van der Waals surface area contributed by atoms with Crippen LogP contribution in [-0.2, 0) is 4.79 Å². The topological polar surface area (TPSA) is 83.4 Å². The molecule has 1 N–H and O–H groups in total. The largest absolute Gasteiger partial charge is 0.481 e. The lowest BCUT2D eigenvalue weighted by Crippen LogP contribution is -2.39. The number of likely N-dealkylation sites (tertiary alicyclic amines) is 1. The van der Waals surface area contributed by atoms with Crippen LogP contribution in [0.4, 0.5) is 0 Å². The summed E-state index contributed by atoms with van der Waals surface area (Å²) in [5.41, 5.74) is 0.265. The second-order valence-corrected chi connectivity index (χ2v) is 4.95. The average molecular weight is 284 g/mol. The summed E-state index contributed by atoms with van der Waals surface area (Å²) in [7, 11) is 0. The molecule has 1 aliphatic rings. The lowest BCUT2D eigenvalue weighted by atomic mass is 9.93. The first kappa shape index (κ1) is 13.7. The van der Waals surface area contributed by atoms with E-state index in [9.17, 15) is 9.59 Å². The Kier molecular flexibility index (Phi) is 4.31. The standard InChI is InChI=1S/C12H14ClN3O3/c13-10-7-14-9(6-15-10)12(19)16-3-1-8(2-4-16)5-11(17)18/h6-8H,1-5H2,(H,17,18). The van der Waals surface area contributed by atoms with Gasteiger partial charge in [-0.05, 0) is 18.8 Å². The fourth-order valence-electron chi connectivity index (χ4n) is 2.17. The lowest BCUT2D eigenvalue weighted by molar-refractivity contribution is -0.138. The molecule has 1 saturated heterocycles. The molecule has 0 saturated carbocycles. The van der Waals surface area contributed by atoms with E-state index >= 15 is 0 Å². The lowest BCUT2D eigenvalue weighted by Gasteiger charge is -2.31. The maximum Gasteiger partial charge on any atom is 0.303 e. The average Bonchev–Trinajstić information content (AvgIpc) is 2.39. The quantitative estimate of drug-likeness (QED) is 0.908. The van der Waals surface area contributed by atoms with Gasteiger partial charge in [0.1, 0.15) is 10.8 Å². The van der Waals surface area contributed by atoms with E-state index in [2.05, 4.69) is 9.97 Å². The van der Waals surface area contributed by atoms with Gasteiger partial charge in [-0.15, -0.1) is 0 Å². The van der Waals surface area contributed by atoms with Crippen LogP contribution in [0.15, 0.2) is 12.4 Å². The number of carbonyl (C=O) groups is 2. The van der Waals surface area contributed by atoms with Crippen LogP contribution in [0.1, 0.15) is 29.8 Å². The van der Waals surface area contributed by atoms with Gasteiger partial charge in [-0.1, -0.05) is 11.6 Å². The zero-order chi connectivity index (χ0) is 13.8. The maximum atomic E-state index is 12.1. The van der Waals surface area contributed by atoms with Gasteiger partial charge in [0.2, 0.25) is 0 Å². The van der Waals surface area contributed by atoms with Gasteiger partial charge in [0.05, 0.1) is 12.4 Å². The number of aromatic nitrogens is 2. The van der Waals surface area contributed by atoms with Crippen LogP contribution in [0.25, 0.3) is 0 Å². The van der Waals surface area contributed by atoms with E-state index < -0.39 is 5.97 Å². The van der Waals surface area contributed by atoms with Crippen molar-refractivity contribution < 1.29 is 14.7 Å². The fourth-order valence-corrected chi connectivity index (χ4v) is 2.27. The molecule has 0 radical (unpaired) electrons. The van der Waals surface area contributed by atoms with Gasteiger partial charge in [0.15, 0.2) is 0 Å². The van der Waals surface area contributed by atoms with Gasteiger partial charge < -0.3 is 10.0 Å². The van der Waals surface area contributed by atoms with Gasteiger partial charge >= 0.3 is 5.97 Å². The summed E-state index contributed by atoms with van der Waals surface area (Å²) in [5.74, 6) is -0.816. The Bertz CT molecular complexity index is 470. The summed E-state index contributed by atoms with van der Waals surface area (Å²) in [6, 6.07) is 0. The molecule has 0 bridgehead atoms. The van der Waals surface area contributed by atoms with Crippen molar-refractivity contribution in [3.05, 3.63) is 23.2 Å². The minimum atomic E-state index is -0.784. The Morgan fingerprint density at radius 1 is 1.32 bits per heavy atom. The number of halogens is 1. The van der Waals surface area contributed by atoms with Crippen molar-refractivity contribution in [3.63, 3.8) is 0 Å². The van der Waals surface area contributed by atoms with E-state index in [0.717, 1.165) is 0 Å². The van der Waals surface area contributed by atoms with Crippen molar-refractivity contribution in [1.82, 2.24) is 14.9 Å². The van der Waals surface area contributed by atoms with Crippen molar-refractivity contribution in [2.24, 2.45) is 5.92 Å². The highest BCUT2D eigenvalue weighted by Crippen LogP contribution is 2.21. The van der Waals surface area contributed by atoms with Gasteiger partial charge in [-0.2, -0.15) is 0 Å². The molecule has 102 valence electrons. The Balaban J connectivity index is 1.92. The number of hydrogen-bond donors (Lipinski definition) is 1. The minimum absolute atomic E-state index is 0.151. The van der Waals surface area contributed by atoms with Crippen LogP contribution in [0.2, 0.25) is 5.15 Å². The number of nitrogens with zero attached hydrogens (tertiary/aromatic N) is 3. The molecule has 1 fully saturated rings. The maximum absolute atomic E-state index is 12.1. The van der Waals surface area contributed by atoms with E-state index in [0.29, 0.717) is 25.9 Å². The van der Waals surface area contributed by atoms with Gasteiger partial charge in [-0.25, -0.2) is 9.97 Å². The third kappa shape index (κ3) is 3.64. The molecule has 19 heavy (non-hydrogen) atoms. The Labute approximate surface area is 115 Å². The molecule has 0 aliphatic carbocycles. The van der Waals surface area contributed by atoms with Gasteiger partial charge in [0.25, 0.3) is 5.91 Å². The first-order chi connectivity index (χ1) is 9.06. The van der Waals surface area contributed by atoms with Crippen molar-refractivity contribution in [1.29, 1.82) is 0 Å². The highest BCUT2D eigenvalue weighted by atomic mass is 35.5. The molecule has 0 atom stereocenters. The van der Waals surface area contributed by atoms with Crippen LogP contribution in [0.5, 0.6) is 0 Å². The molecule has 7 heteroatoms. The van der Waals surface area contributed by atoms with E-state index in [1.807, 2.05) is 0 Å². The Hall–Kier alpha value is -1.69. The predicted molar refractivity (Wildman–Crippen MR) is 67.9 cm³/mol. The molecule has 1 aromatic rings. The predicted octanol–water partition coefficient (Wildman–Crippen LogP) is 1.46. The number of carboxylic acids is 1. The van der Waals surface area contributed by atoms with E-state index in [4.69, 9.17) is 16.7 Å². The van der Waals surface area contributed by atoms with Crippen LogP contribution in [0.3, 0.4) is 0 Å². The number of hydrogen-bond acceptors (Lipinski definition) is 4. The van der Waals surface area contributed by atoms with Crippen molar-refractivity contribution in [2.45, 2.75) is 19.3 Å². The summed E-state index contributed by atoms with van der Waals surface area (Å²) in [6.07, 6.45) is 4.28. The SMILES string of the molecule is O=C(O)CC1CCN(C(=O)c2cnc(Cl)cn2)CC1. The molecule has 6 nitrogen and oxygen atoms in total. The van der Waals surface area contributed by atoms with Crippen LogP contribution in [0, 0.1) is 5.92 Å². The molecule has 0 unspecified atom stereocenters. The molecule has 0 spiro atoms. The van der Waals surface area contributed by atoms with Crippen molar-refractivity contribution in [3.8, 4) is 0 Å². The zero-order valence-corrected chi connectivity index (χ0v) is 11.0.